The Kier molecular flexibility index (Phi) is 22.3. The number of benzene rings is 4. The number of hydrogen-bond acceptors (Lipinski definition) is 4. The summed E-state index contributed by atoms with van der Waals surface area (Å²) in [4.78, 5) is 6.67. The van der Waals surface area contributed by atoms with Crippen LogP contribution < -0.4 is 21.2 Å². The van der Waals surface area contributed by atoms with Crippen molar-refractivity contribution < 1.29 is 26.5 Å². The van der Waals surface area contributed by atoms with E-state index in [-0.39, 0.29) is 47.8 Å². The molecule has 0 aromatic heterocycles. The van der Waals surface area contributed by atoms with Gasteiger partial charge in [-0.1, -0.05) is 153 Å². The van der Waals surface area contributed by atoms with Crippen molar-refractivity contribution >= 4 is 68.9 Å². The summed E-state index contributed by atoms with van der Waals surface area (Å²) in [7, 11) is 2.98. The number of halogens is 2. The van der Waals surface area contributed by atoms with Crippen LogP contribution in [0.25, 0.3) is 0 Å². The third-order valence-corrected chi connectivity index (χ3v) is 21.1. The second-order valence-electron chi connectivity index (χ2n) is 16.2. The molecule has 59 heavy (non-hydrogen) atoms. The van der Waals surface area contributed by atoms with Crippen LogP contribution in [0.4, 0.5) is 0 Å². The number of alkyl halides is 2. The van der Waals surface area contributed by atoms with Gasteiger partial charge in [0.1, 0.15) is 0 Å². The summed E-state index contributed by atoms with van der Waals surface area (Å²) >= 11 is 8.15. The van der Waals surface area contributed by atoms with Gasteiger partial charge in [-0.25, -0.2) is 0 Å². The van der Waals surface area contributed by atoms with Crippen LogP contribution in [-0.4, -0.2) is 96.5 Å². The molecule has 8 rings (SSSR count). The molecular formula is C50H68Br2FeN2O2P2. The van der Waals surface area contributed by atoms with E-state index in [0.29, 0.717) is 33.6 Å². The summed E-state index contributed by atoms with van der Waals surface area (Å²) in [6, 6.07) is 46.2. The van der Waals surface area contributed by atoms with E-state index in [4.69, 9.17) is 9.47 Å². The van der Waals surface area contributed by atoms with Crippen LogP contribution in [0.3, 0.4) is 0 Å². The summed E-state index contributed by atoms with van der Waals surface area (Å²) < 4.78 is 11.0. The topological polar surface area (TPSA) is 24.9 Å². The van der Waals surface area contributed by atoms with Gasteiger partial charge >= 0.3 is 17.1 Å². The van der Waals surface area contributed by atoms with Crippen LogP contribution in [0.1, 0.15) is 51.4 Å². The van der Waals surface area contributed by atoms with E-state index in [1.807, 2.05) is 14.2 Å². The predicted molar refractivity (Wildman–Crippen MR) is 262 cm³/mol. The maximum absolute atomic E-state index is 5.51. The first-order chi connectivity index (χ1) is 27.6. The second kappa shape index (κ2) is 26.0. The van der Waals surface area contributed by atoms with E-state index in [9.17, 15) is 0 Å². The maximum Gasteiger partial charge on any atom is 2.00 e. The quantitative estimate of drug-likeness (QED) is 0.0544. The molecule has 2 aliphatic heterocycles. The van der Waals surface area contributed by atoms with Gasteiger partial charge in [0.2, 0.25) is 0 Å². The van der Waals surface area contributed by atoms with Crippen molar-refractivity contribution in [3.63, 3.8) is 0 Å². The minimum atomic E-state index is -0.348. The van der Waals surface area contributed by atoms with Gasteiger partial charge in [0.15, 0.2) is 0 Å². The Hall–Kier alpha value is -0.941. The Morgan fingerprint density at radius 2 is 0.797 bits per heavy atom. The van der Waals surface area contributed by atoms with Crippen LogP contribution in [0, 0.1) is 26.7 Å². The molecule has 0 amide bonds. The van der Waals surface area contributed by atoms with E-state index < -0.39 is 0 Å². The van der Waals surface area contributed by atoms with Crippen molar-refractivity contribution in [1.29, 1.82) is 0 Å². The standard InChI is InChI=1S/2C24H31BrNOP.2CH3.Fe/c2*1-27-18-19-9-8-16-26(19)17-22-23(25)14-15-24(22)28(20-10-4-2-5-11-20)21-12-6-3-7-13-21;;;/h2*2-7,10-13,19,22-24H,8-9,14-18H2,1H3;2*1H3;/q;;2*-1;+2/t2*19-,22?,23?,24?;;;/m00.../s1. The van der Waals surface area contributed by atoms with Crippen molar-refractivity contribution in [2.45, 2.75) is 84.4 Å². The largest absolute Gasteiger partial charge is 2.00 e. The molecule has 8 atom stereocenters. The van der Waals surface area contributed by atoms with E-state index in [1.54, 1.807) is 0 Å². The first-order valence-corrected chi connectivity index (χ1v) is 25.7. The molecule has 2 heterocycles. The molecule has 2 saturated carbocycles. The number of ether oxygens (including phenoxy) is 2. The van der Waals surface area contributed by atoms with E-state index in [1.165, 1.54) is 98.8 Å². The zero-order valence-corrected chi connectivity index (χ0v) is 41.8. The fourth-order valence-corrected chi connectivity index (χ4v) is 18.5. The van der Waals surface area contributed by atoms with Crippen molar-refractivity contribution in [2.75, 3.05) is 53.6 Å². The normalized spacial score (nSPS) is 26.8. The van der Waals surface area contributed by atoms with Crippen molar-refractivity contribution in [3.8, 4) is 0 Å². The van der Waals surface area contributed by atoms with Gasteiger partial charge in [0, 0.05) is 49.0 Å². The zero-order valence-electron chi connectivity index (χ0n) is 35.8. The SMILES string of the molecule is COC[C@@H]1CCCN1CC1C(Br)CCC1P(c1ccccc1)c1ccccc1.COC[C@@H]1CCCN1CC1C(Br)CCC1P(c1ccccc1)c1ccccc1.[CH3-].[CH3-].[Fe+2]. The third-order valence-electron chi connectivity index (χ3n) is 12.8. The fourth-order valence-electron chi connectivity index (χ4n) is 10.1. The molecule has 4 aliphatic rings. The van der Waals surface area contributed by atoms with Crippen molar-refractivity contribution in [2.24, 2.45) is 11.8 Å². The monoisotopic (exact) mass is 1000 g/mol. The number of methoxy groups -OCH3 is 2. The summed E-state index contributed by atoms with van der Waals surface area (Å²) in [6.07, 6.45) is 10.4. The molecule has 2 aliphatic carbocycles. The Morgan fingerprint density at radius 1 is 0.492 bits per heavy atom. The summed E-state index contributed by atoms with van der Waals surface area (Å²) in [5.41, 5.74) is 1.46. The molecule has 2 saturated heterocycles. The average Bonchev–Trinajstić information content (AvgIpc) is 4.04. The van der Waals surface area contributed by atoms with Gasteiger partial charge in [-0.15, -0.1) is 0 Å². The molecule has 0 bridgehead atoms. The molecule has 4 aromatic rings. The Labute approximate surface area is 388 Å². The number of likely N-dealkylation sites (tertiary alicyclic amines) is 2. The third kappa shape index (κ3) is 13.1. The molecule has 6 unspecified atom stereocenters. The number of rotatable bonds is 14. The van der Waals surface area contributed by atoms with Gasteiger partial charge in [-0.2, -0.15) is 0 Å². The smallest absolute Gasteiger partial charge is 0.383 e. The molecule has 4 fully saturated rings. The summed E-state index contributed by atoms with van der Waals surface area (Å²) in [5.74, 6) is 1.40. The van der Waals surface area contributed by atoms with Gasteiger partial charge in [-0.05, 0) is 125 Å². The van der Waals surface area contributed by atoms with E-state index in [2.05, 4.69) is 163 Å². The van der Waals surface area contributed by atoms with Crippen LogP contribution in [0.5, 0.6) is 0 Å². The Bertz CT molecular complexity index is 1510. The Balaban J connectivity index is 0.000000248. The molecule has 4 aromatic carbocycles. The molecular weight excluding hydrogens is 938 g/mol. The first-order valence-electron chi connectivity index (χ1n) is 21.1. The molecule has 9 heteroatoms. The van der Waals surface area contributed by atoms with Crippen molar-refractivity contribution in [1.82, 2.24) is 9.80 Å². The van der Waals surface area contributed by atoms with Gasteiger partial charge in [0.25, 0.3) is 0 Å². The van der Waals surface area contributed by atoms with Crippen LogP contribution >= 0.6 is 47.7 Å². The second-order valence-corrected chi connectivity index (χ2v) is 23.4. The van der Waals surface area contributed by atoms with Crippen LogP contribution in [-0.2, 0) is 26.5 Å². The summed E-state index contributed by atoms with van der Waals surface area (Å²) in [5, 5.41) is 6.09. The van der Waals surface area contributed by atoms with Crippen LogP contribution in [0.2, 0.25) is 0 Å². The van der Waals surface area contributed by atoms with Gasteiger partial charge < -0.3 is 24.3 Å². The zero-order chi connectivity index (χ0) is 38.7. The molecule has 322 valence electrons. The summed E-state index contributed by atoms with van der Waals surface area (Å²) in [6.45, 7) is 6.60. The predicted octanol–water partition coefficient (Wildman–Crippen LogP) is 10.4. The molecule has 4 nitrogen and oxygen atoms in total. The molecule has 0 N–H and O–H groups in total. The van der Waals surface area contributed by atoms with Crippen LogP contribution in [0.15, 0.2) is 121 Å². The Morgan fingerprint density at radius 3 is 1.08 bits per heavy atom. The molecule has 0 radical (unpaired) electrons. The fraction of sp³-hybridized carbons (Fsp3) is 0.480. The maximum atomic E-state index is 5.51. The average molecular weight is 1010 g/mol. The minimum absolute atomic E-state index is 0. The van der Waals surface area contributed by atoms with Crippen molar-refractivity contribution in [3.05, 3.63) is 136 Å². The number of hydrogen-bond donors (Lipinski definition) is 0. The van der Waals surface area contributed by atoms with E-state index >= 15 is 0 Å². The minimum Gasteiger partial charge on any atom is -0.383 e. The van der Waals surface area contributed by atoms with Gasteiger partial charge in [-0.3, -0.25) is 9.80 Å². The molecule has 0 spiro atoms. The first kappa shape index (κ1) is 50.7. The number of nitrogens with zero attached hydrogens (tertiary/aromatic N) is 2. The van der Waals surface area contributed by atoms with E-state index in [0.717, 1.165) is 24.5 Å². The van der Waals surface area contributed by atoms with Gasteiger partial charge in [0.05, 0.1) is 13.2 Å².